The molecule has 2 amide bonds. The van der Waals surface area contributed by atoms with Crippen LogP contribution >= 0.6 is 15.9 Å². The molecule has 1 aromatic carbocycles. The molecule has 1 aromatic heterocycles. The van der Waals surface area contributed by atoms with E-state index in [0.717, 1.165) is 42.4 Å². The van der Waals surface area contributed by atoms with Gasteiger partial charge in [0.15, 0.2) is 0 Å². The van der Waals surface area contributed by atoms with Crippen molar-refractivity contribution in [2.24, 2.45) is 0 Å². The summed E-state index contributed by atoms with van der Waals surface area (Å²) in [5.41, 5.74) is 2.32. The number of aromatic nitrogens is 1. The number of unbranched alkanes of at least 4 members (excludes halogenated alkanes) is 1. The smallest absolute Gasteiger partial charge is 0.242 e. The fourth-order valence-corrected chi connectivity index (χ4v) is 3.95. The van der Waals surface area contributed by atoms with E-state index in [0.29, 0.717) is 19.5 Å². The summed E-state index contributed by atoms with van der Waals surface area (Å²) >= 11 is 3.49. The van der Waals surface area contributed by atoms with Crippen LogP contribution in [0.15, 0.2) is 47.1 Å². The van der Waals surface area contributed by atoms with Crippen LogP contribution in [0.3, 0.4) is 0 Å². The minimum absolute atomic E-state index is 0.0274. The molecule has 0 aliphatic heterocycles. The van der Waals surface area contributed by atoms with Gasteiger partial charge in [-0.05, 0) is 56.0 Å². The Morgan fingerprint density at radius 2 is 1.75 bits per heavy atom. The molecule has 6 heteroatoms. The van der Waals surface area contributed by atoms with Gasteiger partial charge in [0.25, 0.3) is 0 Å². The van der Waals surface area contributed by atoms with Gasteiger partial charge in [0.2, 0.25) is 11.8 Å². The van der Waals surface area contributed by atoms with Crippen molar-refractivity contribution in [1.29, 1.82) is 0 Å². The minimum Gasteiger partial charge on any atom is -0.345 e. The van der Waals surface area contributed by atoms with Gasteiger partial charge < -0.3 is 14.4 Å². The zero-order valence-corrected chi connectivity index (χ0v) is 21.6. The number of carbonyl (C=O) groups is 2. The van der Waals surface area contributed by atoms with Crippen molar-refractivity contribution < 1.29 is 9.59 Å². The van der Waals surface area contributed by atoms with Gasteiger partial charge >= 0.3 is 0 Å². The molecule has 1 heterocycles. The second-order valence-corrected chi connectivity index (χ2v) is 9.37. The van der Waals surface area contributed by atoms with Crippen molar-refractivity contribution in [3.05, 3.63) is 58.3 Å². The van der Waals surface area contributed by atoms with Crippen LogP contribution in [0.4, 0.5) is 0 Å². The molecule has 2 aromatic rings. The Morgan fingerprint density at radius 3 is 2.38 bits per heavy atom. The highest BCUT2D eigenvalue weighted by atomic mass is 79.9. The average molecular weight is 505 g/mol. The number of benzene rings is 1. The third kappa shape index (κ3) is 7.80. The van der Waals surface area contributed by atoms with Crippen molar-refractivity contribution in [3.8, 4) is 0 Å². The average Bonchev–Trinajstić information content (AvgIpc) is 3.22. The zero-order valence-electron chi connectivity index (χ0n) is 20.0. The van der Waals surface area contributed by atoms with Gasteiger partial charge in [-0.2, -0.15) is 0 Å². The number of amides is 2. The SMILES string of the molecule is CCCCN(Cc1cccn1Cc1ccc(Br)cc1)C(=O)CN(C(=O)CCC)C(C)CC. The molecule has 0 aliphatic carbocycles. The summed E-state index contributed by atoms with van der Waals surface area (Å²) in [7, 11) is 0. The lowest BCUT2D eigenvalue weighted by Crippen LogP contribution is -2.46. The Morgan fingerprint density at radius 1 is 1.03 bits per heavy atom. The van der Waals surface area contributed by atoms with Crippen molar-refractivity contribution in [1.82, 2.24) is 14.4 Å². The van der Waals surface area contributed by atoms with Gasteiger partial charge in [-0.15, -0.1) is 0 Å². The van der Waals surface area contributed by atoms with Crippen LogP contribution in [0.25, 0.3) is 0 Å². The van der Waals surface area contributed by atoms with Crippen molar-refractivity contribution in [2.45, 2.75) is 78.9 Å². The van der Waals surface area contributed by atoms with Crippen molar-refractivity contribution >= 4 is 27.7 Å². The maximum absolute atomic E-state index is 13.3. The summed E-state index contributed by atoms with van der Waals surface area (Å²) < 4.78 is 3.26. The fraction of sp³-hybridized carbons (Fsp3) is 0.538. The predicted molar refractivity (Wildman–Crippen MR) is 134 cm³/mol. The molecule has 0 fully saturated rings. The maximum atomic E-state index is 13.3. The van der Waals surface area contributed by atoms with E-state index < -0.39 is 0 Å². The zero-order chi connectivity index (χ0) is 23.5. The minimum atomic E-state index is 0.0274. The Balaban J connectivity index is 2.15. The first-order valence-electron chi connectivity index (χ1n) is 11.8. The van der Waals surface area contributed by atoms with Crippen LogP contribution in [0, 0.1) is 0 Å². The molecule has 0 N–H and O–H groups in total. The van der Waals surface area contributed by atoms with Crippen LogP contribution < -0.4 is 0 Å². The molecule has 0 spiro atoms. The number of rotatable bonds is 13. The third-order valence-electron chi connectivity index (χ3n) is 5.89. The van der Waals surface area contributed by atoms with Crippen LogP contribution in [0.1, 0.15) is 71.1 Å². The number of hydrogen-bond donors (Lipinski definition) is 0. The van der Waals surface area contributed by atoms with E-state index in [1.165, 1.54) is 5.56 Å². The summed E-state index contributed by atoms with van der Waals surface area (Å²) in [5.74, 6) is 0.101. The molecule has 1 atom stereocenters. The molecule has 0 radical (unpaired) electrons. The van der Waals surface area contributed by atoms with Gasteiger partial charge in [-0.1, -0.05) is 55.3 Å². The molecule has 2 rings (SSSR count). The highest BCUT2D eigenvalue weighted by Gasteiger charge is 2.24. The van der Waals surface area contributed by atoms with E-state index in [1.807, 2.05) is 36.9 Å². The molecular formula is C26H38BrN3O2. The van der Waals surface area contributed by atoms with Gasteiger partial charge in [0.05, 0.1) is 13.1 Å². The molecule has 0 saturated heterocycles. The van der Waals surface area contributed by atoms with Crippen LogP contribution in [-0.2, 0) is 22.7 Å². The largest absolute Gasteiger partial charge is 0.345 e. The molecule has 0 saturated carbocycles. The monoisotopic (exact) mass is 503 g/mol. The Labute approximate surface area is 201 Å². The van der Waals surface area contributed by atoms with Gasteiger partial charge in [0.1, 0.15) is 0 Å². The van der Waals surface area contributed by atoms with E-state index >= 15 is 0 Å². The fourth-order valence-electron chi connectivity index (χ4n) is 3.68. The third-order valence-corrected chi connectivity index (χ3v) is 6.42. The van der Waals surface area contributed by atoms with Crippen molar-refractivity contribution in [3.63, 3.8) is 0 Å². The first kappa shape index (κ1) is 26.2. The molecular weight excluding hydrogens is 466 g/mol. The molecule has 176 valence electrons. The van der Waals surface area contributed by atoms with E-state index in [-0.39, 0.29) is 24.4 Å². The Kier molecular flexibility index (Phi) is 11.0. The molecule has 32 heavy (non-hydrogen) atoms. The standard InChI is InChI=1S/C26H38BrN3O2/c1-5-8-16-29(26(32)20-30(21(4)7-3)25(31)10-6-2)19-24-11-9-17-28(24)18-22-12-14-23(27)15-13-22/h9,11-15,17,21H,5-8,10,16,18-20H2,1-4H3. The summed E-state index contributed by atoms with van der Waals surface area (Å²) in [4.78, 5) is 29.7. The molecule has 5 nitrogen and oxygen atoms in total. The van der Waals surface area contributed by atoms with E-state index in [9.17, 15) is 9.59 Å². The van der Waals surface area contributed by atoms with Crippen LogP contribution in [0.2, 0.25) is 0 Å². The lowest BCUT2D eigenvalue weighted by atomic mass is 10.1. The van der Waals surface area contributed by atoms with Crippen LogP contribution in [-0.4, -0.2) is 45.3 Å². The van der Waals surface area contributed by atoms with E-state index in [1.54, 1.807) is 4.90 Å². The van der Waals surface area contributed by atoms with Gasteiger partial charge in [0, 0.05) is 41.9 Å². The van der Waals surface area contributed by atoms with E-state index in [4.69, 9.17) is 0 Å². The highest BCUT2D eigenvalue weighted by molar-refractivity contribution is 9.10. The summed E-state index contributed by atoms with van der Waals surface area (Å²) in [5, 5.41) is 0. The maximum Gasteiger partial charge on any atom is 0.242 e. The second-order valence-electron chi connectivity index (χ2n) is 8.45. The Hall–Kier alpha value is -2.08. The first-order valence-corrected chi connectivity index (χ1v) is 12.6. The van der Waals surface area contributed by atoms with Crippen molar-refractivity contribution in [2.75, 3.05) is 13.1 Å². The Bertz CT molecular complexity index is 847. The second kappa shape index (κ2) is 13.5. The molecule has 0 bridgehead atoms. The number of halogens is 1. The number of hydrogen-bond acceptors (Lipinski definition) is 2. The summed E-state index contributed by atoms with van der Waals surface area (Å²) in [6.07, 6.45) is 6.16. The topological polar surface area (TPSA) is 45.6 Å². The predicted octanol–water partition coefficient (Wildman–Crippen LogP) is 5.85. The normalized spacial score (nSPS) is 11.9. The van der Waals surface area contributed by atoms with Gasteiger partial charge in [-0.3, -0.25) is 9.59 Å². The quantitative estimate of drug-likeness (QED) is 0.343. The molecule has 1 unspecified atom stereocenters. The first-order chi connectivity index (χ1) is 15.4. The summed E-state index contributed by atoms with van der Waals surface area (Å²) in [6, 6.07) is 12.5. The summed E-state index contributed by atoms with van der Waals surface area (Å²) in [6.45, 7) is 10.4. The lowest BCUT2D eigenvalue weighted by Gasteiger charge is -2.31. The lowest BCUT2D eigenvalue weighted by molar-refractivity contribution is -0.142. The van der Waals surface area contributed by atoms with E-state index in [2.05, 4.69) is 58.7 Å². The molecule has 0 aliphatic rings. The highest BCUT2D eigenvalue weighted by Crippen LogP contribution is 2.16. The number of nitrogens with zero attached hydrogens (tertiary/aromatic N) is 3. The number of carbonyl (C=O) groups excluding carboxylic acids is 2. The van der Waals surface area contributed by atoms with Crippen LogP contribution in [0.5, 0.6) is 0 Å². The van der Waals surface area contributed by atoms with Gasteiger partial charge in [-0.25, -0.2) is 0 Å².